The van der Waals surface area contributed by atoms with E-state index in [-0.39, 0.29) is 22.8 Å². The van der Waals surface area contributed by atoms with Gasteiger partial charge in [0.2, 0.25) is 10.0 Å². The number of hydrogen-bond acceptors (Lipinski definition) is 6. The second-order valence-electron chi connectivity index (χ2n) is 8.69. The molecule has 0 saturated carbocycles. The molecule has 9 nitrogen and oxygen atoms in total. The van der Waals surface area contributed by atoms with Crippen LogP contribution in [0.15, 0.2) is 59.8 Å². The fraction of sp³-hybridized carbons (Fsp3) is 0.292. The predicted molar refractivity (Wildman–Crippen MR) is 127 cm³/mol. The number of halogens is 3. The maximum absolute atomic E-state index is 13.0. The van der Waals surface area contributed by atoms with Crippen LogP contribution < -0.4 is 4.84 Å². The first-order valence-electron chi connectivity index (χ1n) is 11.4. The Morgan fingerprint density at radius 1 is 1.08 bits per heavy atom. The van der Waals surface area contributed by atoms with E-state index in [1.54, 1.807) is 43.5 Å². The van der Waals surface area contributed by atoms with Gasteiger partial charge in [-0.25, -0.2) is 18.2 Å². The minimum absolute atomic E-state index is 0.00254. The van der Waals surface area contributed by atoms with Crippen molar-refractivity contribution in [2.24, 2.45) is 0 Å². The van der Waals surface area contributed by atoms with Crippen molar-refractivity contribution in [3.8, 4) is 11.1 Å². The van der Waals surface area contributed by atoms with Gasteiger partial charge in [-0.15, -0.1) is 0 Å². The summed E-state index contributed by atoms with van der Waals surface area (Å²) in [6.45, 7) is 2.75. The van der Waals surface area contributed by atoms with Crippen LogP contribution in [0, 0.1) is 6.92 Å². The fourth-order valence-electron chi connectivity index (χ4n) is 4.33. The maximum atomic E-state index is 13.0. The number of fused-ring (bicyclic) bond motifs is 1. The SMILES string of the molecule is Cc1ccn(Cc2cc3c(-c4ccc(S(=O)(=O)N5CCCC5)cc4)ccnc3n2OC(=O)C(F)(F)F)n1. The number of carbonyl (C=O) groups excluding carboxylic acids is 1. The molecule has 5 rings (SSSR count). The van der Waals surface area contributed by atoms with Crippen LogP contribution >= 0.6 is 0 Å². The first-order chi connectivity index (χ1) is 17.5. The lowest BCUT2D eigenvalue weighted by molar-refractivity contribution is -0.199. The van der Waals surface area contributed by atoms with Crippen LogP contribution in [-0.4, -0.2) is 57.5 Å². The van der Waals surface area contributed by atoms with Gasteiger partial charge in [-0.05, 0) is 61.2 Å². The van der Waals surface area contributed by atoms with Crippen molar-refractivity contribution in [1.82, 2.24) is 23.8 Å². The molecular formula is C24H22F3N5O4S. The summed E-state index contributed by atoms with van der Waals surface area (Å²) in [7, 11) is -3.60. The molecule has 0 bridgehead atoms. The minimum Gasteiger partial charge on any atom is -0.326 e. The van der Waals surface area contributed by atoms with Crippen LogP contribution in [0.1, 0.15) is 24.2 Å². The Balaban J connectivity index is 1.56. The van der Waals surface area contributed by atoms with E-state index < -0.39 is 22.2 Å². The highest BCUT2D eigenvalue weighted by atomic mass is 32.2. The van der Waals surface area contributed by atoms with Crippen molar-refractivity contribution in [3.63, 3.8) is 0 Å². The minimum atomic E-state index is -5.20. The summed E-state index contributed by atoms with van der Waals surface area (Å²) in [5.74, 6) is -2.38. The van der Waals surface area contributed by atoms with Gasteiger partial charge in [0.05, 0.1) is 22.8 Å². The van der Waals surface area contributed by atoms with Gasteiger partial charge in [-0.3, -0.25) is 4.68 Å². The molecule has 1 aliphatic heterocycles. The van der Waals surface area contributed by atoms with Gasteiger partial charge in [-0.2, -0.15) is 27.3 Å². The third-order valence-electron chi connectivity index (χ3n) is 6.11. The van der Waals surface area contributed by atoms with E-state index in [1.165, 1.54) is 27.3 Å². The molecule has 0 N–H and O–H groups in total. The lowest BCUT2D eigenvalue weighted by Gasteiger charge is -2.15. The number of benzene rings is 1. The largest absolute Gasteiger partial charge is 0.493 e. The summed E-state index contributed by atoms with van der Waals surface area (Å²) in [4.78, 5) is 20.7. The molecule has 37 heavy (non-hydrogen) atoms. The van der Waals surface area contributed by atoms with Crippen molar-refractivity contribution >= 4 is 27.0 Å². The van der Waals surface area contributed by atoms with Crippen LogP contribution in [0.4, 0.5) is 13.2 Å². The number of sulfonamides is 1. The standard InChI is InChI=1S/C24H22F3N5O4S/c1-16-9-13-30(29-16)15-18-14-21-20(8-10-28-22(21)32(18)36-23(33)24(25,26)27)17-4-6-19(7-5-17)37(34,35)31-11-2-3-12-31/h4-10,13-14H,2-3,11-12,15H2,1H3. The summed E-state index contributed by atoms with van der Waals surface area (Å²) in [5.41, 5.74) is 2.12. The summed E-state index contributed by atoms with van der Waals surface area (Å²) < 4.78 is 68.5. The molecule has 1 aliphatic rings. The predicted octanol–water partition coefficient (Wildman–Crippen LogP) is 3.56. The van der Waals surface area contributed by atoms with Crippen LogP contribution in [0.2, 0.25) is 0 Å². The second kappa shape index (κ2) is 9.30. The van der Waals surface area contributed by atoms with Crippen molar-refractivity contribution in [3.05, 3.63) is 66.2 Å². The summed E-state index contributed by atoms with van der Waals surface area (Å²) in [6, 6.07) is 11.2. The molecule has 13 heteroatoms. The normalized spacial score (nSPS) is 14.9. The number of aryl methyl sites for hydroxylation is 1. The molecule has 1 fully saturated rings. The maximum Gasteiger partial charge on any atom is 0.493 e. The lowest BCUT2D eigenvalue weighted by Crippen LogP contribution is -2.34. The van der Waals surface area contributed by atoms with E-state index in [4.69, 9.17) is 4.84 Å². The van der Waals surface area contributed by atoms with Crippen molar-refractivity contribution < 1.29 is 31.2 Å². The molecular weight excluding hydrogens is 511 g/mol. The quantitative estimate of drug-likeness (QED) is 0.376. The molecule has 0 spiro atoms. The number of rotatable bonds is 6. The van der Waals surface area contributed by atoms with Gasteiger partial charge in [0.1, 0.15) is 0 Å². The van der Waals surface area contributed by atoms with Crippen molar-refractivity contribution in [1.29, 1.82) is 0 Å². The zero-order valence-corrected chi connectivity index (χ0v) is 20.5. The zero-order valence-electron chi connectivity index (χ0n) is 19.6. The average Bonchev–Trinajstić information content (AvgIpc) is 3.60. The molecule has 0 aliphatic carbocycles. The number of nitrogens with zero attached hydrogens (tertiary/aromatic N) is 5. The van der Waals surface area contributed by atoms with Crippen LogP contribution in [-0.2, 0) is 21.4 Å². The topological polar surface area (TPSA) is 99.3 Å². The van der Waals surface area contributed by atoms with Crippen molar-refractivity contribution in [2.75, 3.05) is 13.1 Å². The number of alkyl halides is 3. The number of pyridine rings is 1. The molecule has 0 atom stereocenters. The number of hydrogen-bond donors (Lipinski definition) is 0. The molecule has 1 aromatic carbocycles. The molecule has 0 amide bonds. The van der Waals surface area contributed by atoms with E-state index in [0.717, 1.165) is 17.6 Å². The monoisotopic (exact) mass is 533 g/mol. The van der Waals surface area contributed by atoms with Crippen LogP contribution in [0.25, 0.3) is 22.2 Å². The summed E-state index contributed by atoms with van der Waals surface area (Å²) in [6.07, 6.45) is -0.529. The van der Waals surface area contributed by atoms with Gasteiger partial charge in [-0.1, -0.05) is 12.1 Å². The average molecular weight is 534 g/mol. The Morgan fingerprint density at radius 2 is 1.78 bits per heavy atom. The lowest BCUT2D eigenvalue weighted by atomic mass is 10.0. The Bertz CT molecular complexity index is 1570. The number of aromatic nitrogens is 4. The van der Waals surface area contributed by atoms with Gasteiger partial charge in [0.15, 0.2) is 5.65 Å². The second-order valence-corrected chi connectivity index (χ2v) is 10.6. The van der Waals surface area contributed by atoms with E-state index in [0.29, 0.717) is 35.3 Å². The molecule has 0 unspecified atom stereocenters. The third kappa shape index (κ3) is 4.83. The zero-order chi connectivity index (χ0) is 26.4. The highest BCUT2D eigenvalue weighted by Gasteiger charge is 2.42. The van der Waals surface area contributed by atoms with Gasteiger partial charge >= 0.3 is 12.1 Å². The molecule has 0 radical (unpaired) electrons. The third-order valence-corrected chi connectivity index (χ3v) is 8.02. The first-order valence-corrected chi connectivity index (χ1v) is 12.9. The molecule has 4 aromatic rings. The summed E-state index contributed by atoms with van der Waals surface area (Å²) in [5, 5.41) is 4.67. The van der Waals surface area contributed by atoms with E-state index in [1.807, 2.05) is 0 Å². The molecule has 4 heterocycles. The smallest absolute Gasteiger partial charge is 0.326 e. The highest BCUT2D eigenvalue weighted by Crippen LogP contribution is 2.32. The Kier molecular flexibility index (Phi) is 6.28. The van der Waals surface area contributed by atoms with Crippen molar-refractivity contribution in [2.45, 2.75) is 37.4 Å². The fourth-order valence-corrected chi connectivity index (χ4v) is 5.84. The molecule has 3 aromatic heterocycles. The van der Waals surface area contributed by atoms with E-state index in [2.05, 4.69) is 10.1 Å². The van der Waals surface area contributed by atoms with Gasteiger partial charge in [0, 0.05) is 30.9 Å². The van der Waals surface area contributed by atoms with Crippen LogP contribution in [0.5, 0.6) is 0 Å². The number of carbonyl (C=O) groups is 1. The van der Waals surface area contributed by atoms with Gasteiger partial charge in [0.25, 0.3) is 0 Å². The highest BCUT2D eigenvalue weighted by molar-refractivity contribution is 7.89. The van der Waals surface area contributed by atoms with Crippen LogP contribution in [0.3, 0.4) is 0 Å². The molecule has 1 saturated heterocycles. The van der Waals surface area contributed by atoms with Gasteiger partial charge < -0.3 is 4.84 Å². The Labute approximate surface area is 210 Å². The Hall–Kier alpha value is -3.71. The summed E-state index contributed by atoms with van der Waals surface area (Å²) >= 11 is 0. The molecule has 194 valence electrons. The Morgan fingerprint density at radius 3 is 2.41 bits per heavy atom. The van der Waals surface area contributed by atoms with E-state index >= 15 is 0 Å². The van der Waals surface area contributed by atoms with E-state index in [9.17, 15) is 26.4 Å². The first kappa shape index (κ1) is 25.0.